The Bertz CT molecular complexity index is 776. The first-order valence-corrected chi connectivity index (χ1v) is 7.84. The molecule has 0 aliphatic heterocycles. The number of thiazole rings is 1. The Hall–Kier alpha value is -2.53. The van der Waals surface area contributed by atoms with E-state index in [1.54, 1.807) is 0 Å². The van der Waals surface area contributed by atoms with Gasteiger partial charge in [-0.2, -0.15) is 5.10 Å². The normalized spacial score (nSPS) is 11.5. The van der Waals surface area contributed by atoms with Gasteiger partial charge in [-0.15, -0.1) is 11.3 Å². The van der Waals surface area contributed by atoms with Crippen molar-refractivity contribution in [3.63, 3.8) is 0 Å². The van der Waals surface area contributed by atoms with E-state index in [0.717, 1.165) is 33.4 Å². The molecule has 0 bridgehead atoms. The second-order valence-electron chi connectivity index (χ2n) is 4.90. The van der Waals surface area contributed by atoms with Gasteiger partial charge >= 0.3 is 0 Å². The van der Waals surface area contributed by atoms with Gasteiger partial charge in [0.25, 0.3) is 0 Å². The number of anilines is 1. The van der Waals surface area contributed by atoms with Gasteiger partial charge in [0.1, 0.15) is 0 Å². The molecule has 0 spiro atoms. The van der Waals surface area contributed by atoms with Crippen LogP contribution in [0.4, 0.5) is 5.13 Å². The van der Waals surface area contributed by atoms with Crippen molar-refractivity contribution in [2.75, 3.05) is 5.43 Å². The lowest BCUT2D eigenvalue weighted by molar-refractivity contribution is 1.19. The van der Waals surface area contributed by atoms with E-state index in [1.165, 1.54) is 11.3 Å². The predicted molar refractivity (Wildman–Crippen MR) is 92.4 cm³/mol. The van der Waals surface area contributed by atoms with Crippen LogP contribution >= 0.6 is 11.3 Å². The van der Waals surface area contributed by atoms with E-state index in [0.29, 0.717) is 0 Å². The first-order valence-electron chi connectivity index (χ1n) is 6.96. The van der Waals surface area contributed by atoms with Gasteiger partial charge < -0.3 is 0 Å². The third-order valence-electron chi connectivity index (χ3n) is 3.22. The van der Waals surface area contributed by atoms with E-state index in [9.17, 15) is 0 Å². The smallest absolute Gasteiger partial charge is 0.203 e. The molecular formula is C17H16N4S. The molecule has 0 fully saturated rings. The highest BCUT2D eigenvalue weighted by Gasteiger charge is 2.04. The van der Waals surface area contributed by atoms with Crippen LogP contribution in [0.2, 0.25) is 0 Å². The monoisotopic (exact) mass is 308 g/mol. The Morgan fingerprint density at radius 2 is 1.95 bits per heavy atom. The molecule has 3 aromatic rings. The van der Waals surface area contributed by atoms with Crippen molar-refractivity contribution in [1.29, 1.82) is 0 Å². The Kier molecular flexibility index (Phi) is 4.25. The van der Waals surface area contributed by atoms with E-state index in [4.69, 9.17) is 0 Å². The van der Waals surface area contributed by atoms with Crippen molar-refractivity contribution in [3.05, 3.63) is 65.3 Å². The van der Waals surface area contributed by atoms with Crippen LogP contribution in [0.3, 0.4) is 0 Å². The molecule has 2 aromatic heterocycles. The molecule has 0 saturated heterocycles. The lowest BCUT2D eigenvalue weighted by atomic mass is 10.2. The van der Waals surface area contributed by atoms with Crippen molar-refractivity contribution < 1.29 is 0 Å². The first kappa shape index (κ1) is 14.4. The highest BCUT2D eigenvalue weighted by Crippen LogP contribution is 2.24. The zero-order valence-electron chi connectivity index (χ0n) is 12.4. The van der Waals surface area contributed by atoms with Crippen molar-refractivity contribution >= 4 is 22.2 Å². The molecule has 110 valence electrons. The molecule has 1 aromatic carbocycles. The van der Waals surface area contributed by atoms with Gasteiger partial charge in [-0.05, 0) is 26.0 Å². The second kappa shape index (κ2) is 6.49. The minimum Gasteiger partial charge on any atom is -0.261 e. The van der Waals surface area contributed by atoms with Gasteiger partial charge in [0.05, 0.1) is 11.4 Å². The Balaban J connectivity index is 1.73. The zero-order chi connectivity index (χ0) is 15.4. The number of hydrogen-bond donors (Lipinski definition) is 1. The molecule has 0 saturated carbocycles. The fourth-order valence-corrected chi connectivity index (χ4v) is 2.61. The number of nitrogens with zero attached hydrogens (tertiary/aromatic N) is 3. The first-order chi connectivity index (χ1) is 10.7. The molecule has 1 N–H and O–H groups in total. The summed E-state index contributed by atoms with van der Waals surface area (Å²) in [5.41, 5.74) is 7.95. The lowest BCUT2D eigenvalue weighted by Crippen LogP contribution is -2.00. The minimum absolute atomic E-state index is 0.776. The van der Waals surface area contributed by atoms with Crippen LogP contribution in [0.1, 0.15) is 18.2 Å². The summed E-state index contributed by atoms with van der Waals surface area (Å²) in [6.45, 7) is 3.92. The van der Waals surface area contributed by atoms with Gasteiger partial charge in [0.15, 0.2) is 0 Å². The molecule has 22 heavy (non-hydrogen) atoms. The van der Waals surface area contributed by atoms with Crippen LogP contribution in [0.15, 0.2) is 59.1 Å². The average Bonchev–Trinajstić information content (AvgIpc) is 3.03. The standard InChI is InChI=1S/C17H16N4S/c1-12-8-9-15(10-18-12)13(2)20-21-17-19-16(11-22-17)14-6-4-3-5-7-14/h3-11H,1-2H3,(H,19,21)/b20-13-. The molecule has 2 heterocycles. The maximum atomic E-state index is 4.54. The summed E-state index contributed by atoms with van der Waals surface area (Å²) in [6.07, 6.45) is 1.83. The third kappa shape index (κ3) is 3.38. The summed E-state index contributed by atoms with van der Waals surface area (Å²) < 4.78 is 0. The summed E-state index contributed by atoms with van der Waals surface area (Å²) in [7, 11) is 0. The molecule has 4 nitrogen and oxygen atoms in total. The van der Waals surface area contributed by atoms with Crippen LogP contribution < -0.4 is 5.43 Å². The highest BCUT2D eigenvalue weighted by molar-refractivity contribution is 7.14. The molecule has 5 heteroatoms. The predicted octanol–water partition coefficient (Wildman–Crippen LogP) is 4.35. The molecule has 0 radical (unpaired) electrons. The van der Waals surface area contributed by atoms with E-state index in [-0.39, 0.29) is 0 Å². The molecule has 3 rings (SSSR count). The fourth-order valence-electron chi connectivity index (χ4n) is 1.94. The molecule has 0 aliphatic rings. The molecule has 0 atom stereocenters. The Labute approximate surface area is 133 Å². The molecular weight excluding hydrogens is 292 g/mol. The van der Waals surface area contributed by atoms with Gasteiger partial charge in [-0.25, -0.2) is 4.98 Å². The number of benzene rings is 1. The van der Waals surface area contributed by atoms with Crippen molar-refractivity contribution in [2.24, 2.45) is 5.10 Å². The van der Waals surface area contributed by atoms with Crippen LogP contribution in [-0.4, -0.2) is 15.7 Å². The van der Waals surface area contributed by atoms with Crippen LogP contribution in [0, 0.1) is 6.92 Å². The number of hydrogen-bond acceptors (Lipinski definition) is 5. The lowest BCUT2D eigenvalue weighted by Gasteiger charge is -2.01. The summed E-state index contributed by atoms with van der Waals surface area (Å²) in [5, 5.41) is 7.18. The summed E-state index contributed by atoms with van der Waals surface area (Å²) >= 11 is 1.54. The van der Waals surface area contributed by atoms with E-state index < -0.39 is 0 Å². The summed E-state index contributed by atoms with van der Waals surface area (Å²) in [5.74, 6) is 0. The quantitative estimate of drug-likeness (QED) is 0.576. The van der Waals surface area contributed by atoms with Crippen LogP contribution in [0.5, 0.6) is 0 Å². The number of aryl methyl sites for hydroxylation is 1. The molecule has 0 unspecified atom stereocenters. The van der Waals surface area contributed by atoms with Crippen LogP contribution in [0.25, 0.3) is 11.3 Å². The Morgan fingerprint density at radius 3 is 2.68 bits per heavy atom. The van der Waals surface area contributed by atoms with Gasteiger partial charge in [-0.1, -0.05) is 30.3 Å². The summed E-state index contributed by atoms with van der Waals surface area (Å²) in [6, 6.07) is 14.1. The topological polar surface area (TPSA) is 50.2 Å². The highest BCUT2D eigenvalue weighted by atomic mass is 32.1. The van der Waals surface area contributed by atoms with E-state index in [2.05, 4.69) is 20.5 Å². The largest absolute Gasteiger partial charge is 0.261 e. The van der Waals surface area contributed by atoms with Crippen molar-refractivity contribution in [1.82, 2.24) is 9.97 Å². The van der Waals surface area contributed by atoms with Crippen molar-refractivity contribution in [3.8, 4) is 11.3 Å². The van der Waals surface area contributed by atoms with E-state index in [1.807, 2.05) is 67.9 Å². The second-order valence-corrected chi connectivity index (χ2v) is 5.76. The minimum atomic E-state index is 0.776. The maximum Gasteiger partial charge on any atom is 0.203 e. The maximum absolute atomic E-state index is 4.54. The van der Waals surface area contributed by atoms with Gasteiger partial charge in [0.2, 0.25) is 5.13 Å². The molecule has 0 amide bonds. The number of hydrazone groups is 1. The summed E-state index contributed by atoms with van der Waals surface area (Å²) in [4.78, 5) is 8.82. The SMILES string of the molecule is C/C(=N/Nc1nc(-c2ccccc2)cs1)c1ccc(C)nc1. The van der Waals surface area contributed by atoms with Crippen LogP contribution in [-0.2, 0) is 0 Å². The van der Waals surface area contributed by atoms with Gasteiger partial charge in [0, 0.05) is 28.4 Å². The van der Waals surface area contributed by atoms with E-state index >= 15 is 0 Å². The number of pyridine rings is 1. The number of aromatic nitrogens is 2. The third-order valence-corrected chi connectivity index (χ3v) is 3.97. The molecule has 0 aliphatic carbocycles. The number of nitrogens with one attached hydrogen (secondary N) is 1. The zero-order valence-corrected chi connectivity index (χ0v) is 13.3. The Morgan fingerprint density at radius 1 is 1.14 bits per heavy atom. The number of rotatable bonds is 4. The average molecular weight is 308 g/mol. The van der Waals surface area contributed by atoms with Crippen molar-refractivity contribution in [2.45, 2.75) is 13.8 Å². The fraction of sp³-hybridized carbons (Fsp3) is 0.118. The van der Waals surface area contributed by atoms with Gasteiger partial charge in [-0.3, -0.25) is 10.4 Å².